The molecular weight excluding hydrogens is 321 g/mol. The minimum absolute atomic E-state index is 0.0232. The molecule has 0 bridgehead atoms. The summed E-state index contributed by atoms with van der Waals surface area (Å²) in [6.45, 7) is 2.29. The van der Waals surface area contributed by atoms with E-state index in [0.717, 1.165) is 32.0 Å². The molecule has 1 aromatic rings. The van der Waals surface area contributed by atoms with Crippen molar-refractivity contribution in [2.75, 3.05) is 19.6 Å². The summed E-state index contributed by atoms with van der Waals surface area (Å²) in [5, 5.41) is 0. The average molecular weight is 345 g/mol. The Morgan fingerprint density at radius 1 is 1.24 bits per heavy atom. The van der Waals surface area contributed by atoms with Crippen molar-refractivity contribution in [2.45, 2.75) is 50.5 Å². The maximum absolute atomic E-state index is 12.9. The first-order chi connectivity index (χ1) is 12.1. The van der Waals surface area contributed by atoms with Crippen LogP contribution in [0.5, 0.6) is 0 Å². The monoisotopic (exact) mass is 345 g/mol. The number of piperidine rings is 1. The fourth-order valence-corrected chi connectivity index (χ4v) is 4.20. The van der Waals surface area contributed by atoms with Gasteiger partial charge in [0.05, 0.1) is 12.6 Å². The zero-order chi connectivity index (χ0) is 17.4. The van der Waals surface area contributed by atoms with Gasteiger partial charge in [0, 0.05) is 37.3 Å². The predicted molar refractivity (Wildman–Crippen MR) is 90.1 cm³/mol. The van der Waals surface area contributed by atoms with Crippen LogP contribution in [0.25, 0.3) is 0 Å². The molecule has 4 rings (SSSR count). The molecule has 0 aromatic carbocycles. The van der Waals surface area contributed by atoms with E-state index in [2.05, 4.69) is 9.88 Å². The molecule has 0 unspecified atom stereocenters. The van der Waals surface area contributed by atoms with Crippen LogP contribution in [0.3, 0.4) is 0 Å². The number of nitrogens with zero attached hydrogens (tertiary/aromatic N) is 3. The molecule has 1 aliphatic carbocycles. The number of rotatable bonds is 4. The van der Waals surface area contributed by atoms with Crippen molar-refractivity contribution in [3.8, 4) is 0 Å². The van der Waals surface area contributed by atoms with Crippen LogP contribution in [-0.4, -0.2) is 51.8 Å². The zero-order valence-corrected chi connectivity index (χ0v) is 14.4. The van der Waals surface area contributed by atoms with E-state index in [1.54, 1.807) is 6.07 Å². The summed E-state index contributed by atoms with van der Waals surface area (Å²) >= 11 is 0. The Kier molecular flexibility index (Phi) is 4.21. The molecule has 25 heavy (non-hydrogen) atoms. The minimum Gasteiger partial charge on any atom is -0.342 e. The molecule has 0 N–H and O–H groups in total. The number of carbonyl (C=O) groups is 2. The maximum Gasteiger partial charge on any atom is 0.228 e. The molecule has 2 saturated heterocycles. The predicted octanol–water partition coefficient (Wildman–Crippen LogP) is 2.16. The van der Waals surface area contributed by atoms with Crippen LogP contribution in [0.2, 0.25) is 0 Å². The van der Waals surface area contributed by atoms with Crippen LogP contribution in [0.4, 0.5) is 4.39 Å². The van der Waals surface area contributed by atoms with Crippen molar-refractivity contribution in [3.05, 3.63) is 29.8 Å². The normalized spacial score (nSPS) is 22.7. The lowest BCUT2D eigenvalue weighted by Gasteiger charge is -2.45. The van der Waals surface area contributed by atoms with Crippen LogP contribution >= 0.6 is 0 Å². The number of hydrogen-bond acceptors (Lipinski definition) is 3. The number of pyridine rings is 1. The summed E-state index contributed by atoms with van der Waals surface area (Å²) in [6.07, 6.45) is 7.17. The van der Waals surface area contributed by atoms with Gasteiger partial charge in [-0.2, -0.15) is 0 Å². The highest BCUT2D eigenvalue weighted by atomic mass is 19.1. The van der Waals surface area contributed by atoms with Crippen molar-refractivity contribution in [1.29, 1.82) is 0 Å². The lowest BCUT2D eigenvalue weighted by atomic mass is 9.84. The topological polar surface area (TPSA) is 53.5 Å². The highest BCUT2D eigenvalue weighted by Gasteiger charge is 2.48. The Bertz CT molecular complexity index is 664. The van der Waals surface area contributed by atoms with E-state index in [1.807, 2.05) is 4.90 Å². The van der Waals surface area contributed by atoms with Crippen LogP contribution in [0.1, 0.15) is 44.2 Å². The van der Waals surface area contributed by atoms with E-state index >= 15 is 0 Å². The van der Waals surface area contributed by atoms with Crippen molar-refractivity contribution in [2.24, 2.45) is 5.92 Å². The molecule has 3 fully saturated rings. The van der Waals surface area contributed by atoms with Gasteiger partial charge in [-0.05, 0) is 50.2 Å². The molecule has 2 amide bonds. The summed E-state index contributed by atoms with van der Waals surface area (Å²) in [5.74, 6) is 0.634. The van der Waals surface area contributed by atoms with E-state index < -0.39 is 5.82 Å². The molecule has 1 spiro atoms. The molecular formula is C19H24FN3O2. The van der Waals surface area contributed by atoms with E-state index in [4.69, 9.17) is 0 Å². The lowest BCUT2D eigenvalue weighted by Crippen LogP contribution is -2.54. The summed E-state index contributed by atoms with van der Waals surface area (Å²) in [7, 11) is 0. The third-order valence-electron chi connectivity index (χ3n) is 5.98. The van der Waals surface area contributed by atoms with Gasteiger partial charge in [0.2, 0.25) is 11.8 Å². The SMILES string of the molecule is O=C(Cc1ccc(F)cn1)N1CCC2(CCC(=O)N2CC2CC2)CC1. The zero-order valence-electron chi connectivity index (χ0n) is 14.4. The quantitative estimate of drug-likeness (QED) is 0.840. The summed E-state index contributed by atoms with van der Waals surface area (Å²) in [5.41, 5.74) is 0.572. The van der Waals surface area contributed by atoms with Gasteiger partial charge in [0.15, 0.2) is 0 Å². The first kappa shape index (κ1) is 16.5. The molecule has 134 valence electrons. The van der Waals surface area contributed by atoms with Crippen molar-refractivity contribution in [1.82, 2.24) is 14.8 Å². The summed E-state index contributed by atoms with van der Waals surface area (Å²) in [6, 6.07) is 2.90. The van der Waals surface area contributed by atoms with E-state index in [9.17, 15) is 14.0 Å². The van der Waals surface area contributed by atoms with Crippen molar-refractivity contribution in [3.63, 3.8) is 0 Å². The largest absolute Gasteiger partial charge is 0.342 e. The van der Waals surface area contributed by atoms with Gasteiger partial charge in [-0.3, -0.25) is 14.6 Å². The molecule has 3 aliphatic rings. The minimum atomic E-state index is -0.391. The average Bonchev–Trinajstić information content (AvgIpc) is 3.39. The molecule has 1 saturated carbocycles. The van der Waals surface area contributed by atoms with Crippen LogP contribution in [-0.2, 0) is 16.0 Å². The van der Waals surface area contributed by atoms with Crippen LogP contribution in [0, 0.1) is 11.7 Å². The number of carbonyl (C=O) groups excluding carboxylic acids is 2. The molecule has 5 nitrogen and oxygen atoms in total. The van der Waals surface area contributed by atoms with Gasteiger partial charge >= 0.3 is 0 Å². The first-order valence-electron chi connectivity index (χ1n) is 9.24. The van der Waals surface area contributed by atoms with Gasteiger partial charge in [-0.1, -0.05) is 0 Å². The molecule has 0 radical (unpaired) electrons. The number of likely N-dealkylation sites (tertiary alicyclic amines) is 2. The molecule has 1 aromatic heterocycles. The Morgan fingerprint density at radius 2 is 2.00 bits per heavy atom. The Balaban J connectivity index is 1.36. The van der Waals surface area contributed by atoms with Gasteiger partial charge in [-0.25, -0.2) is 4.39 Å². The highest BCUT2D eigenvalue weighted by molar-refractivity contribution is 5.80. The lowest BCUT2D eigenvalue weighted by molar-refractivity contribution is -0.136. The second-order valence-electron chi connectivity index (χ2n) is 7.70. The van der Waals surface area contributed by atoms with E-state index in [-0.39, 0.29) is 17.9 Å². The smallest absolute Gasteiger partial charge is 0.228 e. The highest BCUT2D eigenvalue weighted by Crippen LogP contribution is 2.42. The van der Waals surface area contributed by atoms with E-state index in [1.165, 1.54) is 18.9 Å². The fourth-order valence-electron chi connectivity index (χ4n) is 4.20. The Morgan fingerprint density at radius 3 is 2.64 bits per heavy atom. The van der Waals surface area contributed by atoms with Gasteiger partial charge in [-0.15, -0.1) is 0 Å². The van der Waals surface area contributed by atoms with Crippen LogP contribution in [0.15, 0.2) is 18.3 Å². The number of halogens is 1. The third-order valence-corrected chi connectivity index (χ3v) is 5.98. The second kappa shape index (κ2) is 6.39. The maximum atomic E-state index is 12.9. The Hall–Kier alpha value is -1.98. The van der Waals surface area contributed by atoms with Crippen molar-refractivity contribution < 1.29 is 14.0 Å². The fraction of sp³-hybridized carbons (Fsp3) is 0.632. The van der Waals surface area contributed by atoms with Gasteiger partial charge in [0.25, 0.3) is 0 Å². The van der Waals surface area contributed by atoms with Gasteiger partial charge in [0.1, 0.15) is 5.82 Å². The second-order valence-corrected chi connectivity index (χ2v) is 7.70. The van der Waals surface area contributed by atoms with Crippen molar-refractivity contribution >= 4 is 11.8 Å². The summed E-state index contributed by atoms with van der Waals surface area (Å²) in [4.78, 5) is 32.8. The van der Waals surface area contributed by atoms with Gasteiger partial charge < -0.3 is 9.80 Å². The molecule has 0 atom stereocenters. The Labute approximate surface area is 147 Å². The third kappa shape index (κ3) is 3.39. The summed E-state index contributed by atoms with van der Waals surface area (Å²) < 4.78 is 12.9. The van der Waals surface area contributed by atoms with Crippen LogP contribution < -0.4 is 0 Å². The molecule has 6 heteroatoms. The van der Waals surface area contributed by atoms with E-state index in [0.29, 0.717) is 37.0 Å². The molecule has 2 aliphatic heterocycles. The number of amides is 2. The number of aromatic nitrogens is 1. The standard InChI is InChI=1S/C19H24FN3O2/c20-15-3-4-16(21-12-15)11-18(25)22-9-7-19(8-10-22)6-5-17(24)23(19)13-14-1-2-14/h3-4,12,14H,1-2,5-11,13H2. The first-order valence-corrected chi connectivity index (χ1v) is 9.24. The molecule has 3 heterocycles. The number of hydrogen-bond donors (Lipinski definition) is 0.